The highest BCUT2D eigenvalue weighted by molar-refractivity contribution is 5.75. The van der Waals surface area contributed by atoms with Crippen LogP contribution in [0.25, 0.3) is 11.0 Å². The minimum absolute atomic E-state index is 0.0257. The van der Waals surface area contributed by atoms with Crippen LogP contribution in [-0.2, 0) is 23.1 Å². The van der Waals surface area contributed by atoms with Crippen molar-refractivity contribution in [3.63, 3.8) is 0 Å². The first kappa shape index (κ1) is 16.9. The lowest BCUT2D eigenvalue weighted by molar-refractivity contribution is -0.138. The predicted molar refractivity (Wildman–Crippen MR) is 90.9 cm³/mol. The zero-order chi connectivity index (χ0) is 17.1. The molecule has 1 aliphatic heterocycles. The van der Waals surface area contributed by atoms with Crippen LogP contribution in [0.15, 0.2) is 24.3 Å². The second-order valence-electron chi connectivity index (χ2n) is 6.39. The van der Waals surface area contributed by atoms with Gasteiger partial charge in [-0.15, -0.1) is 0 Å². The largest absolute Gasteiger partial charge is 0.480 e. The summed E-state index contributed by atoms with van der Waals surface area (Å²) < 4.78 is 7.92. The number of ether oxygens (including phenoxy) is 1. The van der Waals surface area contributed by atoms with Gasteiger partial charge in [0.15, 0.2) is 0 Å². The summed E-state index contributed by atoms with van der Waals surface area (Å²) in [5.74, 6) is 0.223. The monoisotopic (exact) mass is 332 g/mol. The minimum Gasteiger partial charge on any atom is -0.480 e. The summed E-state index contributed by atoms with van der Waals surface area (Å²) in [7, 11) is 3.85. The molecule has 3 rings (SSSR count). The molecule has 1 N–H and O–H groups in total. The van der Waals surface area contributed by atoms with Gasteiger partial charge in [-0.1, -0.05) is 12.1 Å². The van der Waals surface area contributed by atoms with Crippen molar-refractivity contribution in [3.8, 4) is 0 Å². The molecule has 7 heteroatoms. The molecule has 1 atom stereocenters. The topological polar surface area (TPSA) is 70.8 Å². The Kier molecular flexibility index (Phi) is 5.13. The van der Waals surface area contributed by atoms with E-state index in [1.165, 1.54) is 0 Å². The molecule has 1 aromatic heterocycles. The number of hydrogen-bond acceptors (Lipinski definition) is 5. The number of aryl methyl sites for hydroxylation is 1. The SMILES string of the molecule is CN(CC(=O)O)CC1CN(Cc2nc3ccccc3n2C)CCO1. The third-order valence-corrected chi connectivity index (χ3v) is 4.39. The highest BCUT2D eigenvalue weighted by Gasteiger charge is 2.23. The fraction of sp³-hybridized carbons (Fsp3) is 0.529. The number of aromatic nitrogens is 2. The van der Waals surface area contributed by atoms with Crippen LogP contribution in [0.4, 0.5) is 0 Å². The van der Waals surface area contributed by atoms with Crippen LogP contribution in [0.5, 0.6) is 0 Å². The van der Waals surface area contributed by atoms with Gasteiger partial charge in [0.1, 0.15) is 5.82 Å². The van der Waals surface area contributed by atoms with E-state index in [1.54, 1.807) is 4.90 Å². The van der Waals surface area contributed by atoms with Gasteiger partial charge in [-0.2, -0.15) is 0 Å². The van der Waals surface area contributed by atoms with Gasteiger partial charge in [0, 0.05) is 26.7 Å². The molecular weight excluding hydrogens is 308 g/mol. The Morgan fingerprint density at radius 1 is 1.46 bits per heavy atom. The van der Waals surface area contributed by atoms with E-state index in [4.69, 9.17) is 14.8 Å². The predicted octanol–water partition coefficient (Wildman–Crippen LogP) is 0.791. The summed E-state index contributed by atoms with van der Waals surface area (Å²) in [6.07, 6.45) is 0.0257. The lowest BCUT2D eigenvalue weighted by Gasteiger charge is -2.34. The fourth-order valence-corrected chi connectivity index (χ4v) is 3.21. The van der Waals surface area contributed by atoms with Crippen LogP contribution in [0.3, 0.4) is 0 Å². The number of imidazole rings is 1. The second kappa shape index (κ2) is 7.29. The van der Waals surface area contributed by atoms with E-state index in [2.05, 4.69) is 15.5 Å². The van der Waals surface area contributed by atoms with Crippen LogP contribution >= 0.6 is 0 Å². The first-order chi connectivity index (χ1) is 11.5. The van der Waals surface area contributed by atoms with Crippen LogP contribution in [0.2, 0.25) is 0 Å². The molecule has 1 saturated heterocycles. The van der Waals surface area contributed by atoms with Crippen molar-refractivity contribution in [1.29, 1.82) is 0 Å². The van der Waals surface area contributed by atoms with Crippen LogP contribution in [-0.4, -0.2) is 76.4 Å². The number of para-hydroxylation sites is 2. The number of morpholine rings is 1. The quantitative estimate of drug-likeness (QED) is 0.843. The van der Waals surface area contributed by atoms with Gasteiger partial charge in [-0.3, -0.25) is 14.6 Å². The van der Waals surface area contributed by atoms with Crippen LogP contribution in [0, 0.1) is 0 Å². The molecular formula is C17H24N4O3. The molecule has 0 radical (unpaired) electrons. The van der Waals surface area contributed by atoms with Gasteiger partial charge in [0.05, 0.1) is 36.8 Å². The summed E-state index contributed by atoms with van der Waals surface area (Å²) >= 11 is 0. The number of aliphatic carboxylic acids is 1. The minimum atomic E-state index is -0.815. The summed E-state index contributed by atoms with van der Waals surface area (Å²) in [5.41, 5.74) is 2.15. The lowest BCUT2D eigenvalue weighted by Crippen LogP contribution is -2.47. The average molecular weight is 332 g/mol. The first-order valence-corrected chi connectivity index (χ1v) is 8.17. The molecule has 130 valence electrons. The van der Waals surface area contributed by atoms with Crippen molar-refractivity contribution in [2.24, 2.45) is 7.05 Å². The maximum absolute atomic E-state index is 10.8. The number of carboxylic acids is 1. The van der Waals surface area contributed by atoms with Gasteiger partial charge >= 0.3 is 5.97 Å². The lowest BCUT2D eigenvalue weighted by atomic mass is 10.2. The number of benzene rings is 1. The maximum Gasteiger partial charge on any atom is 0.317 e. The number of nitrogens with zero attached hydrogens (tertiary/aromatic N) is 4. The maximum atomic E-state index is 10.8. The molecule has 1 aromatic carbocycles. The van der Waals surface area contributed by atoms with E-state index in [0.717, 1.165) is 36.5 Å². The summed E-state index contributed by atoms with van der Waals surface area (Å²) in [5, 5.41) is 8.86. The molecule has 0 aliphatic carbocycles. The smallest absolute Gasteiger partial charge is 0.317 e. The van der Waals surface area contributed by atoms with Crippen molar-refractivity contribution in [1.82, 2.24) is 19.4 Å². The van der Waals surface area contributed by atoms with Crippen molar-refractivity contribution < 1.29 is 14.6 Å². The van der Waals surface area contributed by atoms with Gasteiger partial charge in [0.25, 0.3) is 0 Å². The summed E-state index contributed by atoms with van der Waals surface area (Å²) in [6.45, 7) is 3.73. The van der Waals surface area contributed by atoms with Gasteiger partial charge < -0.3 is 14.4 Å². The Bertz CT molecular complexity index is 715. The molecule has 2 heterocycles. The first-order valence-electron chi connectivity index (χ1n) is 8.17. The van der Waals surface area contributed by atoms with E-state index < -0.39 is 5.97 Å². The standard InChI is InChI=1S/C17H24N4O3/c1-19(12-17(22)23)9-13-10-21(7-8-24-13)11-16-18-14-5-3-4-6-15(14)20(16)2/h3-6,13H,7-12H2,1-2H3,(H,22,23). The zero-order valence-corrected chi connectivity index (χ0v) is 14.2. The van der Waals surface area contributed by atoms with E-state index >= 15 is 0 Å². The van der Waals surface area contributed by atoms with E-state index in [-0.39, 0.29) is 12.6 Å². The highest BCUT2D eigenvalue weighted by Crippen LogP contribution is 2.17. The van der Waals surface area contributed by atoms with Crippen molar-refractivity contribution in [2.75, 3.05) is 39.8 Å². The Morgan fingerprint density at radius 2 is 2.25 bits per heavy atom. The van der Waals surface area contributed by atoms with Gasteiger partial charge in [-0.05, 0) is 19.2 Å². The molecule has 1 aliphatic rings. The average Bonchev–Trinajstić information content (AvgIpc) is 2.83. The van der Waals surface area contributed by atoms with E-state index in [9.17, 15) is 4.79 Å². The van der Waals surface area contributed by atoms with Gasteiger partial charge in [-0.25, -0.2) is 4.98 Å². The Balaban J connectivity index is 1.62. The van der Waals surface area contributed by atoms with Crippen molar-refractivity contribution in [2.45, 2.75) is 12.6 Å². The van der Waals surface area contributed by atoms with Crippen molar-refractivity contribution >= 4 is 17.0 Å². The fourth-order valence-electron chi connectivity index (χ4n) is 3.21. The molecule has 0 amide bonds. The van der Waals surface area contributed by atoms with E-state index in [1.807, 2.05) is 32.3 Å². The van der Waals surface area contributed by atoms with Crippen LogP contribution in [0.1, 0.15) is 5.82 Å². The Morgan fingerprint density at radius 3 is 3.00 bits per heavy atom. The number of carboxylic acid groups (broad SMARTS) is 1. The number of fused-ring (bicyclic) bond motifs is 1. The molecule has 2 aromatic rings. The molecule has 7 nitrogen and oxygen atoms in total. The molecule has 1 fully saturated rings. The molecule has 0 bridgehead atoms. The number of likely N-dealkylation sites (N-methyl/N-ethyl adjacent to an activating group) is 1. The third kappa shape index (κ3) is 3.92. The van der Waals surface area contributed by atoms with E-state index in [0.29, 0.717) is 13.2 Å². The van der Waals surface area contributed by atoms with Crippen LogP contribution < -0.4 is 0 Å². The number of carbonyl (C=O) groups is 1. The number of rotatable bonds is 6. The normalized spacial score (nSPS) is 19.2. The molecule has 0 spiro atoms. The highest BCUT2D eigenvalue weighted by atomic mass is 16.5. The molecule has 0 saturated carbocycles. The third-order valence-electron chi connectivity index (χ3n) is 4.39. The van der Waals surface area contributed by atoms with Crippen molar-refractivity contribution in [3.05, 3.63) is 30.1 Å². The second-order valence-corrected chi connectivity index (χ2v) is 6.39. The number of hydrogen-bond donors (Lipinski definition) is 1. The Hall–Kier alpha value is -1.96. The summed E-state index contributed by atoms with van der Waals surface area (Å²) in [4.78, 5) is 19.6. The van der Waals surface area contributed by atoms with Gasteiger partial charge in [0.2, 0.25) is 0 Å². The zero-order valence-electron chi connectivity index (χ0n) is 14.2. The summed E-state index contributed by atoms with van der Waals surface area (Å²) in [6, 6.07) is 8.13. The Labute approximate surface area is 141 Å². The molecule has 24 heavy (non-hydrogen) atoms. The molecule has 1 unspecified atom stereocenters.